The smallest absolute Gasteiger partial charge is 0.145 e. The van der Waals surface area contributed by atoms with Crippen molar-refractivity contribution in [2.45, 2.75) is 32.3 Å². The predicted octanol–water partition coefficient (Wildman–Crippen LogP) is 2.37. The monoisotopic (exact) mass is 202 g/mol. The fraction of sp³-hybridized carbons (Fsp3) is 0.818. The van der Waals surface area contributed by atoms with E-state index in [0.29, 0.717) is 19.0 Å². The highest BCUT2D eigenvalue weighted by molar-refractivity contribution is 5.03. The minimum atomic E-state index is -0.529. The number of methoxy groups -OCH3 is 2. The van der Waals surface area contributed by atoms with Crippen molar-refractivity contribution in [3.63, 3.8) is 0 Å². The lowest BCUT2D eigenvalue weighted by Gasteiger charge is -2.30. The first-order chi connectivity index (χ1) is 6.60. The molecule has 0 aromatic heterocycles. The van der Waals surface area contributed by atoms with E-state index in [2.05, 4.69) is 13.5 Å². The second kappa shape index (κ2) is 6.85. The van der Waals surface area contributed by atoms with Crippen molar-refractivity contribution in [2.75, 3.05) is 27.4 Å². The van der Waals surface area contributed by atoms with E-state index in [1.165, 1.54) is 0 Å². The Kier molecular flexibility index (Phi) is 6.58. The normalized spacial score (nSPS) is 14.9. The molecule has 0 aliphatic heterocycles. The summed E-state index contributed by atoms with van der Waals surface area (Å²) in [6.45, 7) is 9.04. The van der Waals surface area contributed by atoms with Crippen LogP contribution in [0.5, 0.6) is 0 Å². The van der Waals surface area contributed by atoms with Crippen LogP contribution in [-0.4, -0.2) is 33.0 Å². The summed E-state index contributed by atoms with van der Waals surface area (Å²) < 4.78 is 15.9. The summed E-state index contributed by atoms with van der Waals surface area (Å²) in [5.74, 6) is 0.607. The Morgan fingerprint density at radius 3 is 2.43 bits per heavy atom. The van der Waals surface area contributed by atoms with Crippen LogP contribution in [0.25, 0.3) is 0 Å². The first-order valence-corrected chi connectivity index (χ1v) is 4.97. The molecule has 1 unspecified atom stereocenters. The number of ether oxygens (including phenoxy) is 3. The predicted molar refractivity (Wildman–Crippen MR) is 57.3 cm³/mol. The van der Waals surface area contributed by atoms with Crippen molar-refractivity contribution >= 4 is 0 Å². The summed E-state index contributed by atoms with van der Waals surface area (Å²) in [5.41, 5.74) is -0.529. The molecule has 84 valence electrons. The van der Waals surface area contributed by atoms with Gasteiger partial charge in [-0.2, -0.15) is 0 Å². The molecule has 0 radical (unpaired) electrons. The van der Waals surface area contributed by atoms with Crippen LogP contribution in [0.4, 0.5) is 0 Å². The molecule has 3 heteroatoms. The Bertz CT molecular complexity index is 168. The molecular formula is C11H22O3. The molecule has 0 fully saturated rings. The summed E-state index contributed by atoms with van der Waals surface area (Å²) in [6, 6.07) is 0. The molecule has 0 aliphatic carbocycles. The van der Waals surface area contributed by atoms with Crippen molar-refractivity contribution in [1.29, 1.82) is 0 Å². The van der Waals surface area contributed by atoms with Crippen molar-refractivity contribution in [3.8, 4) is 0 Å². The van der Waals surface area contributed by atoms with E-state index in [1.54, 1.807) is 14.2 Å². The summed E-state index contributed by atoms with van der Waals surface area (Å²) >= 11 is 0. The molecule has 0 aromatic rings. The molecule has 3 nitrogen and oxygen atoms in total. The molecular weight excluding hydrogens is 180 g/mol. The topological polar surface area (TPSA) is 27.7 Å². The van der Waals surface area contributed by atoms with Crippen molar-refractivity contribution in [2.24, 2.45) is 0 Å². The zero-order valence-electron chi connectivity index (χ0n) is 9.76. The fourth-order valence-corrected chi connectivity index (χ4v) is 1.14. The lowest BCUT2D eigenvalue weighted by Crippen LogP contribution is -2.37. The van der Waals surface area contributed by atoms with Crippen molar-refractivity contribution < 1.29 is 14.2 Å². The first kappa shape index (κ1) is 13.5. The van der Waals surface area contributed by atoms with E-state index in [0.717, 1.165) is 12.8 Å². The summed E-state index contributed by atoms with van der Waals surface area (Å²) in [7, 11) is 3.24. The van der Waals surface area contributed by atoms with Gasteiger partial charge < -0.3 is 14.2 Å². The number of rotatable bonds is 8. The number of unbranched alkanes of at least 4 members (excludes halogenated alkanes) is 1. The molecule has 0 amide bonds. The van der Waals surface area contributed by atoms with Gasteiger partial charge in [-0.25, -0.2) is 0 Å². The number of hydrogen-bond donors (Lipinski definition) is 0. The van der Waals surface area contributed by atoms with E-state index in [9.17, 15) is 0 Å². The van der Waals surface area contributed by atoms with E-state index in [4.69, 9.17) is 14.2 Å². The lowest BCUT2D eigenvalue weighted by molar-refractivity contribution is -0.0787. The molecule has 0 spiro atoms. The van der Waals surface area contributed by atoms with Gasteiger partial charge in [0.2, 0.25) is 0 Å². The van der Waals surface area contributed by atoms with Crippen LogP contribution in [0, 0.1) is 0 Å². The van der Waals surface area contributed by atoms with Crippen LogP contribution in [0.15, 0.2) is 12.3 Å². The Morgan fingerprint density at radius 2 is 2.00 bits per heavy atom. The molecule has 0 N–H and O–H groups in total. The summed E-state index contributed by atoms with van der Waals surface area (Å²) in [5, 5.41) is 0. The molecule has 0 heterocycles. The van der Waals surface area contributed by atoms with Crippen molar-refractivity contribution in [3.05, 3.63) is 12.3 Å². The largest absolute Gasteiger partial charge is 0.499 e. The minimum Gasteiger partial charge on any atom is -0.499 e. The van der Waals surface area contributed by atoms with Gasteiger partial charge in [0.25, 0.3) is 0 Å². The molecule has 0 saturated heterocycles. The van der Waals surface area contributed by atoms with Gasteiger partial charge in [-0.15, -0.1) is 0 Å². The lowest BCUT2D eigenvalue weighted by atomic mass is 10.1. The summed E-state index contributed by atoms with van der Waals surface area (Å²) in [4.78, 5) is 0. The van der Waals surface area contributed by atoms with Gasteiger partial charge >= 0.3 is 0 Å². The van der Waals surface area contributed by atoms with Crippen molar-refractivity contribution in [1.82, 2.24) is 0 Å². The molecule has 0 aliphatic rings. The van der Waals surface area contributed by atoms with Crippen LogP contribution in [0.2, 0.25) is 0 Å². The highest BCUT2D eigenvalue weighted by Crippen LogP contribution is 2.21. The molecule has 0 aromatic carbocycles. The van der Waals surface area contributed by atoms with Gasteiger partial charge in [-0.1, -0.05) is 19.9 Å². The molecule has 14 heavy (non-hydrogen) atoms. The zero-order valence-corrected chi connectivity index (χ0v) is 9.76. The van der Waals surface area contributed by atoms with Crippen LogP contribution in [-0.2, 0) is 14.2 Å². The maximum Gasteiger partial charge on any atom is 0.145 e. The Balaban J connectivity index is 4.16. The van der Waals surface area contributed by atoms with Crippen LogP contribution < -0.4 is 0 Å². The van der Waals surface area contributed by atoms with Gasteiger partial charge in [-0.05, 0) is 13.3 Å². The van der Waals surface area contributed by atoms with Gasteiger partial charge in [0.15, 0.2) is 0 Å². The van der Waals surface area contributed by atoms with Crippen LogP contribution in [0.3, 0.4) is 0 Å². The van der Waals surface area contributed by atoms with Gasteiger partial charge in [-0.3, -0.25) is 0 Å². The van der Waals surface area contributed by atoms with Crippen LogP contribution >= 0.6 is 0 Å². The second-order valence-electron chi connectivity index (χ2n) is 3.49. The van der Waals surface area contributed by atoms with Gasteiger partial charge in [0.1, 0.15) is 11.4 Å². The molecule has 0 saturated carbocycles. The average molecular weight is 202 g/mol. The first-order valence-electron chi connectivity index (χ1n) is 4.97. The maximum atomic E-state index is 5.71. The zero-order chi connectivity index (χ0) is 11.0. The highest BCUT2D eigenvalue weighted by atomic mass is 16.6. The summed E-state index contributed by atoms with van der Waals surface area (Å²) in [6.07, 6.45) is 2.15. The van der Waals surface area contributed by atoms with E-state index < -0.39 is 5.60 Å². The van der Waals surface area contributed by atoms with Gasteiger partial charge in [0, 0.05) is 13.7 Å². The van der Waals surface area contributed by atoms with E-state index in [1.807, 2.05) is 6.92 Å². The third kappa shape index (κ3) is 4.11. The fourth-order valence-electron chi connectivity index (χ4n) is 1.14. The minimum absolute atomic E-state index is 0.462. The standard InChI is InChI=1S/C11H22O3/c1-6-7-8-14-11(3,9-12-4)10(2)13-5/h2,6-9H2,1,3-5H3. The molecule has 0 bridgehead atoms. The Hall–Kier alpha value is -0.540. The van der Waals surface area contributed by atoms with E-state index >= 15 is 0 Å². The Morgan fingerprint density at radius 1 is 1.36 bits per heavy atom. The quantitative estimate of drug-likeness (QED) is 0.447. The number of hydrogen-bond acceptors (Lipinski definition) is 3. The third-order valence-corrected chi connectivity index (χ3v) is 2.17. The molecule has 1 atom stereocenters. The maximum absolute atomic E-state index is 5.71. The Labute approximate surface area is 87.0 Å². The second-order valence-corrected chi connectivity index (χ2v) is 3.49. The SMILES string of the molecule is C=C(OC)C(C)(COC)OCCCC. The van der Waals surface area contributed by atoms with E-state index in [-0.39, 0.29) is 0 Å². The molecule has 0 rings (SSSR count). The highest BCUT2D eigenvalue weighted by Gasteiger charge is 2.29. The third-order valence-electron chi connectivity index (χ3n) is 2.17. The van der Waals surface area contributed by atoms with Crippen LogP contribution in [0.1, 0.15) is 26.7 Å². The average Bonchev–Trinajstić information content (AvgIpc) is 2.17. The van der Waals surface area contributed by atoms with Gasteiger partial charge in [0.05, 0.1) is 13.7 Å².